The molecule has 1 N–H and O–H groups in total. The smallest absolute Gasteiger partial charge is 0.271 e. The molecule has 0 fully saturated rings. The van der Waals surface area contributed by atoms with Gasteiger partial charge in [-0.15, -0.1) is 0 Å². The van der Waals surface area contributed by atoms with E-state index in [-0.39, 0.29) is 12.5 Å². The molecule has 1 amide bonds. The molecule has 0 unspecified atom stereocenters. The first-order valence-corrected chi connectivity index (χ1v) is 12.7. The van der Waals surface area contributed by atoms with Crippen LogP contribution in [0.3, 0.4) is 0 Å². The SMILES string of the molecule is COc1cc(COc2c(Cl)cc(/C=N/NC(=O)c3ccc(Cl)cc3)cc2OC)ccc1OCc1ccccc1. The average Bonchev–Trinajstić information content (AvgIpc) is 2.96. The van der Waals surface area contributed by atoms with Crippen LogP contribution in [0.5, 0.6) is 23.0 Å². The van der Waals surface area contributed by atoms with Crippen LogP contribution in [-0.4, -0.2) is 26.3 Å². The van der Waals surface area contributed by atoms with E-state index in [0.717, 1.165) is 11.1 Å². The molecule has 0 saturated heterocycles. The molecule has 0 bridgehead atoms. The molecule has 200 valence electrons. The third-order valence-corrected chi connectivity index (χ3v) is 6.12. The Morgan fingerprint density at radius 1 is 0.795 bits per heavy atom. The maximum atomic E-state index is 12.2. The molecule has 0 saturated carbocycles. The number of amides is 1. The highest BCUT2D eigenvalue weighted by molar-refractivity contribution is 6.32. The number of hydrazone groups is 1. The van der Waals surface area contributed by atoms with Crippen LogP contribution < -0.4 is 24.4 Å². The maximum Gasteiger partial charge on any atom is 0.271 e. The Labute approximate surface area is 236 Å². The van der Waals surface area contributed by atoms with Crippen LogP contribution >= 0.6 is 23.2 Å². The van der Waals surface area contributed by atoms with Gasteiger partial charge in [-0.1, -0.05) is 59.6 Å². The van der Waals surface area contributed by atoms with Crippen LogP contribution in [0.15, 0.2) is 90.0 Å². The molecule has 7 nitrogen and oxygen atoms in total. The molecule has 0 aliphatic carbocycles. The fourth-order valence-electron chi connectivity index (χ4n) is 3.60. The Hall–Kier alpha value is -4.20. The van der Waals surface area contributed by atoms with E-state index in [1.165, 1.54) is 13.3 Å². The van der Waals surface area contributed by atoms with Crippen LogP contribution in [0.4, 0.5) is 0 Å². The monoisotopic (exact) mass is 564 g/mol. The van der Waals surface area contributed by atoms with E-state index in [2.05, 4.69) is 10.5 Å². The zero-order valence-electron chi connectivity index (χ0n) is 21.3. The standard InChI is InChI=1S/C30H26Cl2N2O5/c1-36-27-15-21(8-13-26(27)38-18-20-6-4-3-5-7-20)19-39-29-25(32)14-22(16-28(29)37-2)17-33-34-30(35)23-9-11-24(31)12-10-23/h3-17H,18-19H2,1-2H3,(H,34,35)/b33-17+. The van der Waals surface area contributed by atoms with Gasteiger partial charge in [0.05, 0.1) is 25.5 Å². The quantitative estimate of drug-likeness (QED) is 0.158. The normalized spacial score (nSPS) is 10.8. The summed E-state index contributed by atoms with van der Waals surface area (Å²) < 4.78 is 22.9. The summed E-state index contributed by atoms with van der Waals surface area (Å²) in [6.45, 7) is 0.649. The van der Waals surface area contributed by atoms with Crippen LogP contribution in [-0.2, 0) is 13.2 Å². The number of benzene rings is 4. The number of carbonyl (C=O) groups excluding carboxylic acids is 1. The number of halogens is 2. The number of methoxy groups -OCH3 is 2. The second kappa shape index (κ2) is 13.6. The van der Waals surface area contributed by atoms with Gasteiger partial charge in [-0.2, -0.15) is 5.10 Å². The molecular weight excluding hydrogens is 539 g/mol. The summed E-state index contributed by atoms with van der Waals surface area (Å²) in [6, 6.07) is 25.4. The molecule has 4 aromatic rings. The Bertz CT molecular complexity index is 1440. The van der Waals surface area contributed by atoms with Crippen molar-refractivity contribution in [3.05, 3.63) is 117 Å². The van der Waals surface area contributed by atoms with Crippen LogP contribution in [0, 0.1) is 0 Å². The number of hydrogen-bond acceptors (Lipinski definition) is 6. The van der Waals surface area contributed by atoms with Gasteiger partial charge in [0, 0.05) is 10.6 Å². The van der Waals surface area contributed by atoms with Gasteiger partial charge < -0.3 is 18.9 Å². The largest absolute Gasteiger partial charge is 0.493 e. The van der Waals surface area contributed by atoms with Crippen molar-refractivity contribution in [2.45, 2.75) is 13.2 Å². The number of nitrogens with zero attached hydrogens (tertiary/aromatic N) is 1. The van der Waals surface area contributed by atoms with Gasteiger partial charge in [-0.05, 0) is 65.2 Å². The summed E-state index contributed by atoms with van der Waals surface area (Å²) in [5.41, 5.74) is 5.43. The predicted octanol–water partition coefficient (Wildman–Crippen LogP) is 6.93. The second-order valence-electron chi connectivity index (χ2n) is 8.29. The van der Waals surface area contributed by atoms with Crippen molar-refractivity contribution in [1.29, 1.82) is 0 Å². The molecule has 9 heteroatoms. The van der Waals surface area contributed by atoms with Crippen molar-refractivity contribution in [1.82, 2.24) is 5.43 Å². The molecule has 39 heavy (non-hydrogen) atoms. The first-order valence-electron chi connectivity index (χ1n) is 11.9. The fourth-order valence-corrected chi connectivity index (χ4v) is 4.00. The molecule has 0 radical (unpaired) electrons. The zero-order chi connectivity index (χ0) is 27.6. The molecule has 4 rings (SSSR count). The van der Waals surface area contributed by atoms with Crippen LogP contribution in [0.25, 0.3) is 0 Å². The molecule has 0 atom stereocenters. The molecular formula is C30H26Cl2N2O5. The minimum absolute atomic E-state index is 0.218. The third kappa shape index (κ3) is 7.66. The lowest BCUT2D eigenvalue weighted by atomic mass is 10.2. The van der Waals surface area contributed by atoms with E-state index in [9.17, 15) is 4.79 Å². The first kappa shape index (κ1) is 27.8. The Morgan fingerprint density at radius 3 is 2.23 bits per heavy atom. The van der Waals surface area contributed by atoms with E-state index in [1.54, 1.807) is 43.5 Å². The summed E-state index contributed by atoms with van der Waals surface area (Å²) >= 11 is 12.4. The highest BCUT2D eigenvalue weighted by Crippen LogP contribution is 2.37. The van der Waals surface area contributed by atoms with Crippen molar-refractivity contribution in [2.24, 2.45) is 5.10 Å². The molecule has 4 aromatic carbocycles. The molecule has 0 aliphatic heterocycles. The summed E-state index contributed by atoms with van der Waals surface area (Å²) in [6.07, 6.45) is 1.46. The van der Waals surface area contributed by atoms with Gasteiger partial charge in [-0.25, -0.2) is 5.43 Å². The summed E-state index contributed by atoms with van der Waals surface area (Å²) in [4.78, 5) is 12.2. The van der Waals surface area contributed by atoms with Crippen molar-refractivity contribution >= 4 is 35.3 Å². The van der Waals surface area contributed by atoms with Crippen molar-refractivity contribution in [3.8, 4) is 23.0 Å². The van der Waals surface area contributed by atoms with Gasteiger partial charge in [0.15, 0.2) is 23.0 Å². The fraction of sp³-hybridized carbons (Fsp3) is 0.133. The highest BCUT2D eigenvalue weighted by atomic mass is 35.5. The Morgan fingerprint density at radius 2 is 1.51 bits per heavy atom. The number of ether oxygens (including phenoxy) is 4. The lowest BCUT2D eigenvalue weighted by molar-refractivity contribution is 0.0955. The first-order chi connectivity index (χ1) is 19.0. The molecule has 0 spiro atoms. The number of nitrogens with one attached hydrogen (secondary N) is 1. The zero-order valence-corrected chi connectivity index (χ0v) is 22.8. The van der Waals surface area contributed by atoms with Gasteiger partial charge >= 0.3 is 0 Å². The molecule has 0 heterocycles. The second-order valence-corrected chi connectivity index (χ2v) is 9.13. The summed E-state index contributed by atoms with van der Waals surface area (Å²) in [7, 11) is 3.11. The Kier molecular flexibility index (Phi) is 9.67. The van der Waals surface area contributed by atoms with Gasteiger partial charge in [0.2, 0.25) is 0 Å². The third-order valence-electron chi connectivity index (χ3n) is 5.59. The lowest BCUT2D eigenvalue weighted by Gasteiger charge is -2.15. The summed E-state index contributed by atoms with van der Waals surface area (Å²) in [5.74, 6) is 1.66. The van der Waals surface area contributed by atoms with Gasteiger partial charge in [0.25, 0.3) is 5.91 Å². The van der Waals surface area contributed by atoms with Gasteiger partial charge in [-0.3, -0.25) is 4.79 Å². The highest BCUT2D eigenvalue weighted by Gasteiger charge is 2.13. The van der Waals surface area contributed by atoms with Crippen LogP contribution in [0.2, 0.25) is 10.0 Å². The van der Waals surface area contributed by atoms with Gasteiger partial charge in [0.1, 0.15) is 13.2 Å². The predicted molar refractivity (Wildman–Crippen MR) is 153 cm³/mol. The minimum atomic E-state index is -0.368. The Balaban J connectivity index is 1.39. The number of hydrogen-bond donors (Lipinski definition) is 1. The van der Waals surface area contributed by atoms with E-state index in [4.69, 9.17) is 42.1 Å². The lowest BCUT2D eigenvalue weighted by Crippen LogP contribution is -2.17. The van der Waals surface area contributed by atoms with Crippen molar-refractivity contribution < 1.29 is 23.7 Å². The summed E-state index contributed by atoms with van der Waals surface area (Å²) in [5, 5.41) is 4.88. The topological polar surface area (TPSA) is 78.4 Å². The molecule has 0 aromatic heterocycles. The van der Waals surface area contributed by atoms with E-state index in [1.807, 2.05) is 48.5 Å². The number of rotatable bonds is 11. The van der Waals surface area contributed by atoms with Crippen molar-refractivity contribution in [2.75, 3.05) is 14.2 Å². The average molecular weight is 565 g/mol. The van der Waals surface area contributed by atoms with E-state index < -0.39 is 0 Å². The minimum Gasteiger partial charge on any atom is -0.493 e. The number of carbonyl (C=O) groups is 1. The van der Waals surface area contributed by atoms with Crippen LogP contribution in [0.1, 0.15) is 27.0 Å². The van der Waals surface area contributed by atoms with Crippen molar-refractivity contribution in [3.63, 3.8) is 0 Å². The maximum absolute atomic E-state index is 12.2. The molecule has 0 aliphatic rings. The van der Waals surface area contributed by atoms with E-state index in [0.29, 0.717) is 50.8 Å². The van der Waals surface area contributed by atoms with E-state index >= 15 is 0 Å².